The van der Waals surface area contributed by atoms with E-state index in [0.717, 1.165) is 0 Å². The summed E-state index contributed by atoms with van der Waals surface area (Å²) in [6, 6.07) is 7.42. The number of methoxy groups -OCH3 is 1. The van der Waals surface area contributed by atoms with E-state index in [2.05, 4.69) is 5.32 Å². The molecule has 0 heterocycles. The Labute approximate surface area is 169 Å². The molecule has 0 aliphatic rings. The second-order valence-corrected chi connectivity index (χ2v) is 6.87. The fraction of sp³-hybridized carbons (Fsp3) is 0.333. The van der Waals surface area contributed by atoms with E-state index in [4.69, 9.17) is 19.9 Å². The number of phenolic OH excluding ortho intramolecular Hbond substituents is 1. The molecular weight excluding hydrogens is 376 g/mol. The fourth-order valence-electron chi connectivity index (χ4n) is 2.56. The lowest BCUT2D eigenvalue weighted by Gasteiger charge is -2.17. The Kier molecular flexibility index (Phi) is 6.93. The first-order valence-electron chi connectivity index (χ1n) is 9.12. The number of benzene rings is 2. The molecule has 2 aromatic rings. The average Bonchev–Trinajstić information content (AvgIpc) is 2.62. The largest absolute Gasteiger partial charge is 0.504 e. The summed E-state index contributed by atoms with van der Waals surface area (Å²) in [5, 5.41) is 13.0. The number of hydrogen-bond donors (Lipinski definition) is 3. The van der Waals surface area contributed by atoms with Gasteiger partial charge in [0.1, 0.15) is 5.75 Å². The number of aromatic hydroxyl groups is 1. The minimum absolute atomic E-state index is 0.0167. The SMILES string of the molecule is COc1c(N)ccc(C(=O)Nc2ccc(C(=O)OC(C)C)cc2OC(C)C)c1O. The number of anilines is 2. The van der Waals surface area contributed by atoms with Crippen LogP contribution in [-0.2, 0) is 4.74 Å². The van der Waals surface area contributed by atoms with Crippen LogP contribution in [0.25, 0.3) is 0 Å². The number of esters is 1. The van der Waals surface area contributed by atoms with Crippen molar-refractivity contribution in [3.05, 3.63) is 41.5 Å². The zero-order valence-electron chi connectivity index (χ0n) is 17.1. The van der Waals surface area contributed by atoms with E-state index in [1.54, 1.807) is 13.8 Å². The van der Waals surface area contributed by atoms with Crippen molar-refractivity contribution in [2.24, 2.45) is 0 Å². The van der Waals surface area contributed by atoms with Crippen LogP contribution in [0.1, 0.15) is 48.4 Å². The predicted molar refractivity (Wildman–Crippen MR) is 110 cm³/mol. The van der Waals surface area contributed by atoms with E-state index in [9.17, 15) is 14.7 Å². The van der Waals surface area contributed by atoms with Crippen molar-refractivity contribution >= 4 is 23.3 Å². The van der Waals surface area contributed by atoms with E-state index in [1.807, 2.05) is 13.8 Å². The first kappa shape index (κ1) is 21.9. The molecule has 0 aliphatic carbocycles. The molecule has 2 rings (SSSR count). The Bertz CT molecular complexity index is 908. The highest BCUT2D eigenvalue weighted by molar-refractivity contribution is 6.08. The molecule has 4 N–H and O–H groups in total. The van der Waals surface area contributed by atoms with Crippen molar-refractivity contribution < 1.29 is 28.9 Å². The Morgan fingerprint density at radius 1 is 1.07 bits per heavy atom. The molecule has 0 saturated heterocycles. The number of ether oxygens (including phenoxy) is 3. The molecule has 0 atom stereocenters. The molecule has 0 aliphatic heterocycles. The van der Waals surface area contributed by atoms with Crippen LogP contribution in [0, 0.1) is 0 Å². The number of rotatable bonds is 7. The second-order valence-electron chi connectivity index (χ2n) is 6.87. The standard InChI is InChI=1S/C21H26N2O6/c1-11(2)28-17-10-13(21(26)29-12(3)4)6-9-16(17)23-20(25)14-7-8-15(22)19(27-5)18(14)24/h6-12,24H,22H2,1-5H3,(H,23,25). The summed E-state index contributed by atoms with van der Waals surface area (Å²) in [6.45, 7) is 7.15. The quantitative estimate of drug-likeness (QED) is 0.478. The van der Waals surface area contributed by atoms with Gasteiger partial charge in [0.25, 0.3) is 5.91 Å². The third-order valence-corrected chi connectivity index (χ3v) is 3.78. The topological polar surface area (TPSA) is 120 Å². The third kappa shape index (κ3) is 5.31. The molecular formula is C21H26N2O6. The molecule has 0 aromatic heterocycles. The summed E-state index contributed by atoms with van der Waals surface area (Å²) in [6.07, 6.45) is -0.466. The zero-order chi connectivity index (χ0) is 21.7. The van der Waals surface area contributed by atoms with Crippen molar-refractivity contribution in [3.63, 3.8) is 0 Å². The van der Waals surface area contributed by atoms with Crippen LogP contribution < -0.4 is 20.5 Å². The highest BCUT2D eigenvalue weighted by atomic mass is 16.5. The van der Waals surface area contributed by atoms with Gasteiger partial charge in [-0.3, -0.25) is 4.79 Å². The van der Waals surface area contributed by atoms with Gasteiger partial charge in [-0.1, -0.05) is 0 Å². The van der Waals surface area contributed by atoms with E-state index in [0.29, 0.717) is 17.0 Å². The number of amides is 1. The number of nitrogens with two attached hydrogens (primary N) is 1. The van der Waals surface area contributed by atoms with Gasteiger partial charge in [0, 0.05) is 0 Å². The van der Waals surface area contributed by atoms with Gasteiger partial charge in [-0.15, -0.1) is 0 Å². The van der Waals surface area contributed by atoms with Crippen molar-refractivity contribution in [3.8, 4) is 17.2 Å². The minimum Gasteiger partial charge on any atom is -0.504 e. The first-order chi connectivity index (χ1) is 13.6. The van der Waals surface area contributed by atoms with Gasteiger partial charge in [0.2, 0.25) is 0 Å². The molecule has 0 spiro atoms. The van der Waals surface area contributed by atoms with E-state index >= 15 is 0 Å². The summed E-state index contributed by atoms with van der Waals surface area (Å²) in [4.78, 5) is 24.9. The number of nitrogen functional groups attached to an aromatic ring is 1. The van der Waals surface area contributed by atoms with Crippen LogP contribution in [0.4, 0.5) is 11.4 Å². The minimum atomic E-state index is -0.591. The van der Waals surface area contributed by atoms with Crippen LogP contribution in [-0.4, -0.2) is 36.3 Å². The summed E-state index contributed by atoms with van der Waals surface area (Å²) in [7, 11) is 1.34. The summed E-state index contributed by atoms with van der Waals surface area (Å²) >= 11 is 0. The Morgan fingerprint density at radius 3 is 2.34 bits per heavy atom. The smallest absolute Gasteiger partial charge is 0.338 e. The monoisotopic (exact) mass is 402 g/mol. The number of nitrogens with one attached hydrogen (secondary N) is 1. The Hall–Kier alpha value is -3.42. The lowest BCUT2D eigenvalue weighted by molar-refractivity contribution is 0.0377. The van der Waals surface area contributed by atoms with Crippen LogP contribution in [0.3, 0.4) is 0 Å². The van der Waals surface area contributed by atoms with Gasteiger partial charge in [0.05, 0.1) is 41.8 Å². The number of hydrogen-bond acceptors (Lipinski definition) is 7. The maximum atomic E-state index is 12.7. The average molecular weight is 402 g/mol. The first-order valence-corrected chi connectivity index (χ1v) is 9.12. The Morgan fingerprint density at radius 2 is 1.76 bits per heavy atom. The molecule has 0 unspecified atom stereocenters. The fourth-order valence-corrected chi connectivity index (χ4v) is 2.56. The van der Waals surface area contributed by atoms with Gasteiger partial charge < -0.3 is 30.4 Å². The lowest BCUT2D eigenvalue weighted by atomic mass is 10.1. The van der Waals surface area contributed by atoms with Crippen LogP contribution >= 0.6 is 0 Å². The highest BCUT2D eigenvalue weighted by Crippen LogP contribution is 2.36. The second kappa shape index (κ2) is 9.18. The predicted octanol–water partition coefficient (Wildman–Crippen LogP) is 3.59. The van der Waals surface area contributed by atoms with Crippen molar-refractivity contribution in [1.29, 1.82) is 0 Å². The van der Waals surface area contributed by atoms with Gasteiger partial charge in [0.15, 0.2) is 11.5 Å². The van der Waals surface area contributed by atoms with E-state index < -0.39 is 11.9 Å². The normalized spacial score (nSPS) is 10.7. The highest BCUT2D eigenvalue weighted by Gasteiger charge is 2.20. The summed E-state index contributed by atoms with van der Waals surface area (Å²) in [5.41, 5.74) is 6.55. The van der Waals surface area contributed by atoms with Crippen molar-refractivity contribution in [2.45, 2.75) is 39.9 Å². The number of carbonyl (C=O) groups is 2. The van der Waals surface area contributed by atoms with E-state index in [1.165, 1.54) is 37.4 Å². The lowest BCUT2D eigenvalue weighted by Crippen LogP contribution is -2.16. The van der Waals surface area contributed by atoms with Crippen LogP contribution in [0.2, 0.25) is 0 Å². The molecule has 0 bridgehead atoms. The molecule has 0 saturated carbocycles. The molecule has 29 heavy (non-hydrogen) atoms. The zero-order valence-corrected chi connectivity index (χ0v) is 17.1. The van der Waals surface area contributed by atoms with Crippen LogP contribution in [0.5, 0.6) is 17.2 Å². The number of phenols is 1. The third-order valence-electron chi connectivity index (χ3n) is 3.78. The molecule has 1 amide bonds. The van der Waals surface area contributed by atoms with Gasteiger partial charge >= 0.3 is 5.97 Å². The molecule has 0 radical (unpaired) electrons. The van der Waals surface area contributed by atoms with Crippen molar-refractivity contribution in [2.75, 3.05) is 18.2 Å². The van der Waals surface area contributed by atoms with Gasteiger partial charge in [-0.25, -0.2) is 4.79 Å². The Balaban J connectivity index is 2.36. The molecule has 8 nitrogen and oxygen atoms in total. The van der Waals surface area contributed by atoms with E-state index in [-0.39, 0.29) is 35.0 Å². The maximum Gasteiger partial charge on any atom is 0.338 e. The number of carbonyl (C=O) groups excluding carboxylic acids is 2. The summed E-state index contributed by atoms with van der Waals surface area (Å²) < 4.78 is 16.0. The molecule has 0 fully saturated rings. The van der Waals surface area contributed by atoms with Gasteiger partial charge in [-0.2, -0.15) is 0 Å². The molecule has 8 heteroatoms. The maximum absolute atomic E-state index is 12.7. The molecule has 156 valence electrons. The summed E-state index contributed by atoms with van der Waals surface area (Å²) in [5.74, 6) is -1.13. The van der Waals surface area contributed by atoms with Crippen LogP contribution in [0.15, 0.2) is 30.3 Å². The van der Waals surface area contributed by atoms with Gasteiger partial charge in [-0.05, 0) is 58.0 Å². The van der Waals surface area contributed by atoms with Crippen molar-refractivity contribution in [1.82, 2.24) is 0 Å². The molecule has 2 aromatic carbocycles.